The fraction of sp³-hybridized carbons (Fsp3) is 0.364. The summed E-state index contributed by atoms with van der Waals surface area (Å²) in [5.74, 6) is 0.326. The summed E-state index contributed by atoms with van der Waals surface area (Å²) in [6.07, 6.45) is 0.483. The van der Waals surface area contributed by atoms with E-state index in [0.717, 1.165) is 0 Å². The summed E-state index contributed by atoms with van der Waals surface area (Å²) in [5.41, 5.74) is 6.11. The van der Waals surface area contributed by atoms with Crippen molar-refractivity contribution in [3.05, 3.63) is 34.9 Å². The number of hydrogen-bond donors (Lipinski definition) is 1. The van der Waals surface area contributed by atoms with Crippen LogP contribution < -0.4 is 5.73 Å². The van der Waals surface area contributed by atoms with Gasteiger partial charge >= 0.3 is 0 Å². The number of hydrogen-bond acceptors (Lipinski definition) is 2. The molecule has 0 saturated heterocycles. The first kappa shape index (κ1) is 11.2. The average Bonchev–Trinajstić information content (AvgIpc) is 2.17. The molecule has 0 saturated carbocycles. The zero-order valence-electron chi connectivity index (χ0n) is 8.16. The minimum absolute atomic E-state index is 0.102. The van der Waals surface area contributed by atoms with Crippen LogP contribution in [0.25, 0.3) is 0 Å². The monoisotopic (exact) mass is 211 g/mol. The normalized spacial score (nSPS) is 12.5. The lowest BCUT2D eigenvalue weighted by molar-refractivity contribution is 0.0966. The van der Waals surface area contributed by atoms with Crippen LogP contribution in [0.3, 0.4) is 0 Å². The predicted molar refractivity (Wildman–Crippen MR) is 58.6 cm³/mol. The molecule has 1 aromatic rings. The molecule has 1 atom stereocenters. The van der Waals surface area contributed by atoms with Crippen molar-refractivity contribution in [2.75, 3.05) is 6.54 Å². The molecular formula is C11H14ClNO. The molecule has 0 aliphatic carbocycles. The second-order valence-electron chi connectivity index (χ2n) is 3.48. The summed E-state index contributed by atoms with van der Waals surface area (Å²) >= 11 is 5.78. The Morgan fingerprint density at radius 3 is 2.86 bits per heavy atom. The van der Waals surface area contributed by atoms with Gasteiger partial charge in [0.15, 0.2) is 5.78 Å². The number of carbonyl (C=O) groups is 1. The van der Waals surface area contributed by atoms with Gasteiger partial charge in [0, 0.05) is 17.0 Å². The highest BCUT2D eigenvalue weighted by Crippen LogP contribution is 2.14. The Kier molecular flexibility index (Phi) is 4.11. The first-order chi connectivity index (χ1) is 6.63. The Morgan fingerprint density at radius 1 is 1.57 bits per heavy atom. The Bertz CT molecular complexity index is 325. The third-order valence-corrected chi connectivity index (χ3v) is 2.32. The molecule has 0 aromatic heterocycles. The fourth-order valence-corrected chi connectivity index (χ4v) is 1.37. The van der Waals surface area contributed by atoms with Gasteiger partial charge in [-0.05, 0) is 24.6 Å². The minimum atomic E-state index is 0.102. The largest absolute Gasteiger partial charge is 0.330 e. The van der Waals surface area contributed by atoms with Crippen molar-refractivity contribution in [1.29, 1.82) is 0 Å². The summed E-state index contributed by atoms with van der Waals surface area (Å²) in [7, 11) is 0. The summed E-state index contributed by atoms with van der Waals surface area (Å²) in [4.78, 5) is 11.7. The third-order valence-electron chi connectivity index (χ3n) is 2.08. The van der Waals surface area contributed by atoms with E-state index < -0.39 is 0 Å². The van der Waals surface area contributed by atoms with Gasteiger partial charge in [-0.2, -0.15) is 0 Å². The molecule has 1 rings (SSSR count). The van der Waals surface area contributed by atoms with Crippen LogP contribution in [0, 0.1) is 5.92 Å². The van der Waals surface area contributed by atoms with Gasteiger partial charge in [-0.25, -0.2) is 0 Å². The van der Waals surface area contributed by atoms with Gasteiger partial charge in [0.2, 0.25) is 0 Å². The highest BCUT2D eigenvalue weighted by molar-refractivity contribution is 6.31. The molecule has 0 aliphatic heterocycles. The molecule has 0 amide bonds. The van der Waals surface area contributed by atoms with Crippen molar-refractivity contribution < 1.29 is 4.79 Å². The number of carbonyl (C=O) groups excluding carboxylic acids is 1. The first-order valence-corrected chi connectivity index (χ1v) is 5.00. The molecule has 1 unspecified atom stereocenters. The van der Waals surface area contributed by atoms with Crippen molar-refractivity contribution in [3.63, 3.8) is 0 Å². The van der Waals surface area contributed by atoms with Gasteiger partial charge in [0.05, 0.1) is 0 Å². The fourth-order valence-electron chi connectivity index (χ4n) is 1.18. The summed E-state index contributed by atoms with van der Waals surface area (Å²) in [5, 5.41) is 0.594. The zero-order chi connectivity index (χ0) is 10.6. The van der Waals surface area contributed by atoms with Crippen molar-refractivity contribution in [1.82, 2.24) is 0 Å². The van der Waals surface area contributed by atoms with E-state index in [2.05, 4.69) is 0 Å². The Labute approximate surface area is 89.1 Å². The maximum atomic E-state index is 11.7. The lowest BCUT2D eigenvalue weighted by atomic mass is 10.00. The molecule has 14 heavy (non-hydrogen) atoms. The predicted octanol–water partition coefficient (Wildman–Crippen LogP) is 2.51. The molecule has 1 aromatic carbocycles. The second kappa shape index (κ2) is 5.13. The number of ketones is 1. The van der Waals surface area contributed by atoms with Crippen LogP contribution in [-0.2, 0) is 0 Å². The van der Waals surface area contributed by atoms with Crippen LogP contribution in [-0.4, -0.2) is 12.3 Å². The lowest BCUT2D eigenvalue weighted by Crippen LogP contribution is -2.15. The van der Waals surface area contributed by atoms with E-state index in [4.69, 9.17) is 17.3 Å². The second-order valence-corrected chi connectivity index (χ2v) is 3.91. The molecule has 2 N–H and O–H groups in total. The standard InChI is InChI=1S/C11H14ClNO/c1-8(7-13)5-11(14)9-3-2-4-10(12)6-9/h2-4,6,8H,5,7,13H2,1H3. The van der Waals surface area contributed by atoms with Crippen LogP contribution in [0.5, 0.6) is 0 Å². The molecule has 0 radical (unpaired) electrons. The number of rotatable bonds is 4. The highest BCUT2D eigenvalue weighted by Gasteiger charge is 2.09. The van der Waals surface area contributed by atoms with E-state index >= 15 is 0 Å². The van der Waals surface area contributed by atoms with Crippen molar-refractivity contribution in [2.24, 2.45) is 11.7 Å². The van der Waals surface area contributed by atoms with Crippen LogP contribution >= 0.6 is 11.6 Å². The Hall–Kier alpha value is -0.860. The van der Waals surface area contributed by atoms with E-state index in [1.807, 2.05) is 6.92 Å². The Morgan fingerprint density at radius 2 is 2.29 bits per heavy atom. The molecule has 0 spiro atoms. The highest BCUT2D eigenvalue weighted by atomic mass is 35.5. The SMILES string of the molecule is CC(CN)CC(=O)c1cccc(Cl)c1. The molecule has 0 fully saturated rings. The molecule has 0 heterocycles. The van der Waals surface area contributed by atoms with E-state index in [1.54, 1.807) is 24.3 Å². The Balaban J connectivity index is 2.70. The first-order valence-electron chi connectivity index (χ1n) is 4.62. The van der Waals surface area contributed by atoms with Gasteiger partial charge in [-0.15, -0.1) is 0 Å². The van der Waals surface area contributed by atoms with E-state index in [0.29, 0.717) is 23.6 Å². The van der Waals surface area contributed by atoms with Crippen LogP contribution in [0.4, 0.5) is 0 Å². The van der Waals surface area contributed by atoms with Crippen molar-refractivity contribution in [3.8, 4) is 0 Å². The summed E-state index contributed by atoms with van der Waals surface area (Å²) in [6.45, 7) is 2.49. The maximum absolute atomic E-state index is 11.7. The van der Waals surface area contributed by atoms with Crippen LogP contribution in [0.2, 0.25) is 5.02 Å². The minimum Gasteiger partial charge on any atom is -0.330 e. The van der Waals surface area contributed by atoms with Crippen molar-refractivity contribution >= 4 is 17.4 Å². The number of nitrogens with two attached hydrogens (primary N) is 1. The van der Waals surface area contributed by atoms with E-state index in [1.165, 1.54) is 0 Å². The molecule has 3 heteroatoms. The molecule has 2 nitrogen and oxygen atoms in total. The van der Waals surface area contributed by atoms with E-state index in [9.17, 15) is 4.79 Å². The molecule has 0 aliphatic rings. The van der Waals surface area contributed by atoms with E-state index in [-0.39, 0.29) is 11.7 Å². The van der Waals surface area contributed by atoms with Gasteiger partial charge in [-0.3, -0.25) is 4.79 Å². The topological polar surface area (TPSA) is 43.1 Å². The molecule has 76 valence electrons. The molecular weight excluding hydrogens is 198 g/mol. The van der Waals surface area contributed by atoms with Crippen LogP contribution in [0.1, 0.15) is 23.7 Å². The summed E-state index contributed by atoms with van der Waals surface area (Å²) in [6, 6.07) is 7.00. The lowest BCUT2D eigenvalue weighted by Gasteiger charge is -2.06. The zero-order valence-corrected chi connectivity index (χ0v) is 8.92. The van der Waals surface area contributed by atoms with Gasteiger partial charge < -0.3 is 5.73 Å². The summed E-state index contributed by atoms with van der Waals surface area (Å²) < 4.78 is 0. The maximum Gasteiger partial charge on any atom is 0.163 e. The van der Waals surface area contributed by atoms with Gasteiger partial charge in [-0.1, -0.05) is 30.7 Å². The number of halogens is 1. The quantitative estimate of drug-likeness (QED) is 0.778. The number of Topliss-reactive ketones (excluding diaryl/α,β-unsaturated/α-hetero) is 1. The van der Waals surface area contributed by atoms with Crippen LogP contribution in [0.15, 0.2) is 24.3 Å². The molecule has 0 bridgehead atoms. The average molecular weight is 212 g/mol. The van der Waals surface area contributed by atoms with Gasteiger partial charge in [0.25, 0.3) is 0 Å². The van der Waals surface area contributed by atoms with Gasteiger partial charge in [0.1, 0.15) is 0 Å². The third kappa shape index (κ3) is 3.13. The number of benzene rings is 1. The van der Waals surface area contributed by atoms with Crippen molar-refractivity contribution in [2.45, 2.75) is 13.3 Å². The smallest absolute Gasteiger partial charge is 0.163 e.